The molecule has 5 rings (SSSR count). The molecule has 7 nitrogen and oxygen atoms in total. The zero-order valence-electron chi connectivity index (χ0n) is 18.4. The minimum absolute atomic E-state index is 0.137. The van der Waals surface area contributed by atoms with E-state index >= 15 is 0 Å². The van der Waals surface area contributed by atoms with E-state index in [4.69, 9.17) is 0 Å². The maximum Gasteiger partial charge on any atom is 0.250 e. The highest BCUT2D eigenvalue weighted by molar-refractivity contribution is 9.10. The van der Waals surface area contributed by atoms with E-state index in [9.17, 15) is 4.79 Å². The molecule has 1 amide bonds. The van der Waals surface area contributed by atoms with E-state index in [1.165, 1.54) is 11.8 Å². The van der Waals surface area contributed by atoms with Crippen molar-refractivity contribution in [2.24, 2.45) is 5.10 Å². The zero-order valence-corrected chi connectivity index (χ0v) is 20.8. The Hall–Kier alpha value is -3.82. The maximum atomic E-state index is 12.5. The molecule has 0 bridgehead atoms. The van der Waals surface area contributed by atoms with E-state index in [1.807, 2.05) is 83.4 Å². The maximum absolute atomic E-state index is 12.5. The third kappa shape index (κ3) is 5.31. The lowest BCUT2D eigenvalue weighted by molar-refractivity contribution is -0.118. The molecule has 0 saturated heterocycles. The van der Waals surface area contributed by atoms with Crippen molar-refractivity contribution in [1.82, 2.24) is 25.2 Å². The Bertz CT molecular complexity index is 1500. The number of thioether (sulfide) groups is 1. The second kappa shape index (κ2) is 10.6. The normalized spacial score (nSPS) is 11.2. The van der Waals surface area contributed by atoms with Gasteiger partial charge in [0.25, 0.3) is 5.91 Å². The van der Waals surface area contributed by atoms with Gasteiger partial charge in [0.1, 0.15) is 0 Å². The van der Waals surface area contributed by atoms with E-state index in [0.29, 0.717) is 11.0 Å². The standard InChI is InChI=1S/C26H19BrN6OS/c27-21-8-10-22(11-9-21)33-25(19-12-14-28-15-13-19)31-32-26(33)35-17-24(34)30-29-16-20-6-3-5-18-4-1-2-7-23(18)20/h1-16H,17H2,(H,30,34)/b29-16+. The first-order valence-electron chi connectivity index (χ1n) is 10.7. The van der Waals surface area contributed by atoms with Crippen molar-refractivity contribution in [3.63, 3.8) is 0 Å². The second-order valence-electron chi connectivity index (χ2n) is 7.50. The van der Waals surface area contributed by atoms with E-state index < -0.39 is 0 Å². The van der Waals surface area contributed by atoms with Crippen LogP contribution in [0, 0.1) is 0 Å². The van der Waals surface area contributed by atoms with Gasteiger partial charge in [0, 0.05) is 33.7 Å². The van der Waals surface area contributed by atoms with Gasteiger partial charge in [-0.3, -0.25) is 14.3 Å². The number of carbonyl (C=O) groups is 1. The first kappa shape index (κ1) is 22.9. The van der Waals surface area contributed by atoms with Crippen LogP contribution < -0.4 is 5.43 Å². The van der Waals surface area contributed by atoms with Crippen molar-refractivity contribution in [2.45, 2.75) is 5.16 Å². The lowest BCUT2D eigenvalue weighted by Gasteiger charge is -2.10. The van der Waals surface area contributed by atoms with Gasteiger partial charge in [-0.15, -0.1) is 10.2 Å². The Morgan fingerprint density at radius 3 is 2.57 bits per heavy atom. The van der Waals surface area contributed by atoms with Crippen LogP contribution in [0.2, 0.25) is 0 Å². The zero-order chi connectivity index (χ0) is 24.0. The molecule has 0 fully saturated rings. The molecule has 5 aromatic rings. The molecule has 0 radical (unpaired) electrons. The first-order valence-corrected chi connectivity index (χ1v) is 12.5. The predicted octanol–water partition coefficient (Wildman–Crippen LogP) is 5.49. The summed E-state index contributed by atoms with van der Waals surface area (Å²) < 4.78 is 2.90. The van der Waals surface area contributed by atoms with Crippen LogP contribution in [0.15, 0.2) is 106 Å². The summed E-state index contributed by atoms with van der Waals surface area (Å²) >= 11 is 4.77. The van der Waals surface area contributed by atoms with Gasteiger partial charge in [0.05, 0.1) is 12.0 Å². The number of aromatic nitrogens is 4. The van der Waals surface area contributed by atoms with Crippen molar-refractivity contribution in [1.29, 1.82) is 0 Å². The molecule has 2 aromatic heterocycles. The summed E-state index contributed by atoms with van der Waals surface area (Å²) in [7, 11) is 0. The molecule has 35 heavy (non-hydrogen) atoms. The number of amides is 1. The van der Waals surface area contributed by atoms with Crippen LogP contribution in [0.5, 0.6) is 0 Å². The van der Waals surface area contributed by atoms with Gasteiger partial charge in [-0.05, 0) is 47.2 Å². The molecular formula is C26H19BrN6OS. The summed E-state index contributed by atoms with van der Waals surface area (Å²) in [6, 6.07) is 25.6. The van der Waals surface area contributed by atoms with Crippen LogP contribution in [0.3, 0.4) is 0 Å². The minimum Gasteiger partial charge on any atom is -0.272 e. The van der Waals surface area contributed by atoms with Gasteiger partial charge >= 0.3 is 0 Å². The predicted molar refractivity (Wildman–Crippen MR) is 143 cm³/mol. The number of fused-ring (bicyclic) bond motifs is 1. The van der Waals surface area contributed by atoms with Gasteiger partial charge in [-0.25, -0.2) is 5.43 Å². The number of pyridine rings is 1. The monoisotopic (exact) mass is 542 g/mol. The molecule has 0 aliphatic heterocycles. The van der Waals surface area contributed by atoms with Crippen molar-refractivity contribution in [3.05, 3.63) is 101 Å². The number of benzene rings is 3. The Labute approximate surface area is 214 Å². The largest absolute Gasteiger partial charge is 0.272 e. The summed E-state index contributed by atoms with van der Waals surface area (Å²) in [5, 5.41) is 15.7. The van der Waals surface area contributed by atoms with Crippen LogP contribution in [-0.2, 0) is 4.79 Å². The number of hydrogen-bond acceptors (Lipinski definition) is 6. The van der Waals surface area contributed by atoms with Crippen LogP contribution in [0.25, 0.3) is 27.8 Å². The number of hydrogen-bond donors (Lipinski definition) is 1. The van der Waals surface area contributed by atoms with Gasteiger partial charge in [0.2, 0.25) is 0 Å². The molecule has 0 unspecified atom stereocenters. The average Bonchev–Trinajstić information content (AvgIpc) is 3.32. The minimum atomic E-state index is -0.234. The topological polar surface area (TPSA) is 85.1 Å². The number of rotatable bonds is 7. The summed E-state index contributed by atoms with van der Waals surface area (Å²) in [5.74, 6) is 0.576. The summed E-state index contributed by atoms with van der Waals surface area (Å²) in [5.41, 5.74) is 5.32. The fourth-order valence-corrected chi connectivity index (χ4v) is 4.58. The quantitative estimate of drug-likeness (QED) is 0.167. The van der Waals surface area contributed by atoms with E-state index in [2.05, 4.69) is 41.6 Å². The number of hydrazone groups is 1. The van der Waals surface area contributed by atoms with Crippen LogP contribution in [0.1, 0.15) is 5.56 Å². The molecule has 172 valence electrons. The molecule has 0 aliphatic carbocycles. The molecule has 2 heterocycles. The van der Waals surface area contributed by atoms with Crippen molar-refractivity contribution < 1.29 is 4.79 Å². The SMILES string of the molecule is O=C(CSc1nnc(-c2ccncc2)n1-c1ccc(Br)cc1)N/N=C/c1cccc2ccccc12. The highest BCUT2D eigenvalue weighted by Crippen LogP contribution is 2.28. The van der Waals surface area contributed by atoms with Crippen LogP contribution in [-0.4, -0.2) is 37.6 Å². The number of halogens is 1. The smallest absolute Gasteiger partial charge is 0.250 e. The van der Waals surface area contributed by atoms with Gasteiger partial charge in [-0.1, -0.05) is 70.2 Å². The van der Waals surface area contributed by atoms with E-state index in [1.54, 1.807) is 18.6 Å². The molecule has 0 atom stereocenters. The van der Waals surface area contributed by atoms with Crippen LogP contribution in [0.4, 0.5) is 0 Å². The molecular weight excluding hydrogens is 524 g/mol. The Kier molecular flexibility index (Phi) is 6.97. The number of nitrogens with zero attached hydrogens (tertiary/aromatic N) is 5. The fourth-order valence-electron chi connectivity index (χ4n) is 3.57. The van der Waals surface area contributed by atoms with E-state index in [0.717, 1.165) is 32.1 Å². The Morgan fingerprint density at radius 2 is 1.74 bits per heavy atom. The third-order valence-corrected chi connectivity index (χ3v) is 6.66. The van der Waals surface area contributed by atoms with Crippen molar-refractivity contribution in [3.8, 4) is 17.1 Å². The molecule has 0 saturated carbocycles. The lowest BCUT2D eigenvalue weighted by atomic mass is 10.1. The summed E-state index contributed by atoms with van der Waals surface area (Å²) in [6.45, 7) is 0. The Morgan fingerprint density at radius 1 is 0.971 bits per heavy atom. The van der Waals surface area contributed by atoms with E-state index in [-0.39, 0.29) is 11.7 Å². The van der Waals surface area contributed by atoms with Gasteiger partial charge < -0.3 is 0 Å². The lowest BCUT2D eigenvalue weighted by Crippen LogP contribution is -2.20. The Balaban J connectivity index is 1.32. The third-order valence-electron chi connectivity index (χ3n) is 5.21. The molecule has 0 spiro atoms. The van der Waals surface area contributed by atoms with Crippen molar-refractivity contribution >= 4 is 50.6 Å². The molecule has 0 aliphatic rings. The van der Waals surface area contributed by atoms with Gasteiger partial charge in [-0.2, -0.15) is 5.10 Å². The molecule has 1 N–H and O–H groups in total. The number of carbonyl (C=O) groups excluding carboxylic acids is 1. The average molecular weight is 543 g/mol. The second-order valence-corrected chi connectivity index (χ2v) is 9.36. The number of nitrogens with one attached hydrogen (secondary N) is 1. The highest BCUT2D eigenvalue weighted by atomic mass is 79.9. The van der Waals surface area contributed by atoms with Crippen molar-refractivity contribution in [2.75, 3.05) is 5.75 Å². The summed E-state index contributed by atoms with van der Waals surface area (Å²) in [4.78, 5) is 16.6. The van der Waals surface area contributed by atoms with Crippen LogP contribution >= 0.6 is 27.7 Å². The van der Waals surface area contributed by atoms with Gasteiger partial charge in [0.15, 0.2) is 11.0 Å². The summed E-state index contributed by atoms with van der Waals surface area (Å²) in [6.07, 6.45) is 5.09. The molecule has 3 aromatic carbocycles. The molecule has 9 heteroatoms. The highest BCUT2D eigenvalue weighted by Gasteiger charge is 2.17. The fraction of sp³-hybridized carbons (Fsp3) is 0.0385. The first-order chi connectivity index (χ1) is 17.2.